The number of benzene rings is 1. The number of carboxylic acids is 1. The molecule has 106 valence electrons. The van der Waals surface area contributed by atoms with Crippen molar-refractivity contribution in [3.05, 3.63) is 53.5 Å². The maximum absolute atomic E-state index is 11.0. The molecular weight excluding hydrogens is 288 g/mol. The Kier molecular flexibility index (Phi) is 3.57. The standard InChI is InChI=1S/C14H12N4O2S/c1-9-5-12(18-14(17-9)15-8-16-18)21-7-10-3-2-4-11(6-10)13(19)20/h2-6,8H,7H2,1H3,(H,19,20). The van der Waals surface area contributed by atoms with Crippen LogP contribution in [0.5, 0.6) is 0 Å². The Bertz CT molecular complexity index is 816. The van der Waals surface area contributed by atoms with Crippen LogP contribution in [0.25, 0.3) is 5.78 Å². The predicted octanol–water partition coefficient (Wildman–Crippen LogP) is 2.42. The molecule has 0 saturated carbocycles. The van der Waals surface area contributed by atoms with Crippen molar-refractivity contribution in [1.82, 2.24) is 19.6 Å². The number of thioether (sulfide) groups is 1. The van der Waals surface area contributed by atoms with Gasteiger partial charge in [0.2, 0.25) is 0 Å². The van der Waals surface area contributed by atoms with E-state index in [2.05, 4.69) is 15.1 Å². The van der Waals surface area contributed by atoms with Crippen molar-refractivity contribution in [2.75, 3.05) is 0 Å². The zero-order valence-electron chi connectivity index (χ0n) is 11.2. The molecular formula is C14H12N4O2S. The highest BCUT2D eigenvalue weighted by Gasteiger charge is 2.08. The topological polar surface area (TPSA) is 80.4 Å². The average Bonchev–Trinajstić information content (AvgIpc) is 2.93. The molecule has 2 heterocycles. The molecule has 0 aliphatic heterocycles. The van der Waals surface area contributed by atoms with Crippen molar-refractivity contribution in [2.24, 2.45) is 0 Å². The number of aryl methyl sites for hydroxylation is 1. The summed E-state index contributed by atoms with van der Waals surface area (Å²) in [6.07, 6.45) is 1.47. The highest BCUT2D eigenvalue weighted by Crippen LogP contribution is 2.23. The molecule has 6 nitrogen and oxygen atoms in total. The molecule has 0 saturated heterocycles. The monoisotopic (exact) mass is 300 g/mol. The number of fused-ring (bicyclic) bond motifs is 1. The Morgan fingerprint density at radius 1 is 1.38 bits per heavy atom. The third-order valence-corrected chi connectivity index (χ3v) is 3.97. The van der Waals surface area contributed by atoms with E-state index in [1.54, 1.807) is 34.5 Å². The van der Waals surface area contributed by atoms with Crippen molar-refractivity contribution < 1.29 is 9.90 Å². The van der Waals surface area contributed by atoms with E-state index in [0.717, 1.165) is 16.3 Å². The Labute approximate surface area is 124 Å². The summed E-state index contributed by atoms with van der Waals surface area (Å²) in [7, 11) is 0. The van der Waals surface area contributed by atoms with Gasteiger partial charge in [-0.25, -0.2) is 9.78 Å². The Morgan fingerprint density at radius 2 is 2.24 bits per heavy atom. The zero-order valence-corrected chi connectivity index (χ0v) is 12.0. The van der Waals surface area contributed by atoms with Crippen molar-refractivity contribution in [1.29, 1.82) is 0 Å². The molecule has 0 aliphatic carbocycles. The normalized spacial score (nSPS) is 10.9. The van der Waals surface area contributed by atoms with E-state index in [1.165, 1.54) is 6.33 Å². The van der Waals surface area contributed by atoms with Gasteiger partial charge in [0.05, 0.1) is 5.56 Å². The molecule has 0 aliphatic rings. The maximum atomic E-state index is 11.0. The third kappa shape index (κ3) is 2.87. The summed E-state index contributed by atoms with van der Waals surface area (Å²) in [5, 5.41) is 14.1. The van der Waals surface area contributed by atoms with Crippen LogP contribution < -0.4 is 0 Å². The predicted molar refractivity (Wildman–Crippen MR) is 78.5 cm³/mol. The number of hydrogen-bond donors (Lipinski definition) is 1. The average molecular weight is 300 g/mol. The van der Waals surface area contributed by atoms with E-state index in [-0.39, 0.29) is 0 Å². The van der Waals surface area contributed by atoms with Crippen LogP contribution in [0.4, 0.5) is 0 Å². The SMILES string of the molecule is Cc1cc(SCc2cccc(C(=O)O)c2)n2ncnc2n1. The first-order chi connectivity index (χ1) is 10.1. The van der Waals surface area contributed by atoms with Crippen LogP contribution in [0.15, 0.2) is 41.7 Å². The maximum Gasteiger partial charge on any atom is 0.335 e. The van der Waals surface area contributed by atoms with Crippen LogP contribution in [-0.4, -0.2) is 30.7 Å². The molecule has 0 spiro atoms. The zero-order chi connectivity index (χ0) is 14.8. The van der Waals surface area contributed by atoms with E-state index in [0.29, 0.717) is 17.1 Å². The minimum Gasteiger partial charge on any atom is -0.478 e. The summed E-state index contributed by atoms with van der Waals surface area (Å²) in [6, 6.07) is 8.87. The van der Waals surface area contributed by atoms with Crippen LogP contribution >= 0.6 is 11.8 Å². The molecule has 1 N–H and O–H groups in total. The van der Waals surface area contributed by atoms with E-state index in [1.807, 2.05) is 19.1 Å². The second-order valence-corrected chi connectivity index (χ2v) is 5.50. The van der Waals surface area contributed by atoms with Gasteiger partial charge in [0.1, 0.15) is 11.4 Å². The third-order valence-electron chi connectivity index (χ3n) is 2.91. The quantitative estimate of drug-likeness (QED) is 0.589. The fourth-order valence-corrected chi connectivity index (χ4v) is 2.95. The second kappa shape index (κ2) is 5.53. The molecule has 1 aromatic carbocycles. The largest absolute Gasteiger partial charge is 0.478 e. The summed E-state index contributed by atoms with van der Waals surface area (Å²) in [4.78, 5) is 19.3. The lowest BCUT2D eigenvalue weighted by molar-refractivity contribution is 0.0697. The van der Waals surface area contributed by atoms with Crippen LogP contribution in [0.2, 0.25) is 0 Å². The van der Waals surface area contributed by atoms with Crippen molar-refractivity contribution >= 4 is 23.5 Å². The van der Waals surface area contributed by atoms with Gasteiger partial charge >= 0.3 is 5.97 Å². The van der Waals surface area contributed by atoms with Crippen LogP contribution in [0.1, 0.15) is 21.6 Å². The highest BCUT2D eigenvalue weighted by atomic mass is 32.2. The van der Waals surface area contributed by atoms with E-state index >= 15 is 0 Å². The Hall–Kier alpha value is -2.41. The summed E-state index contributed by atoms with van der Waals surface area (Å²) in [5.74, 6) is 0.302. The lowest BCUT2D eigenvalue weighted by Crippen LogP contribution is -1.99. The van der Waals surface area contributed by atoms with Crippen molar-refractivity contribution in [3.63, 3.8) is 0 Å². The van der Waals surface area contributed by atoms with Gasteiger partial charge < -0.3 is 5.11 Å². The first kappa shape index (κ1) is 13.6. The van der Waals surface area contributed by atoms with Crippen LogP contribution in [0.3, 0.4) is 0 Å². The lowest BCUT2D eigenvalue weighted by Gasteiger charge is -2.06. The van der Waals surface area contributed by atoms with Gasteiger partial charge in [-0.3, -0.25) is 0 Å². The first-order valence-corrected chi connectivity index (χ1v) is 7.24. The van der Waals surface area contributed by atoms with Gasteiger partial charge in [-0.1, -0.05) is 12.1 Å². The molecule has 3 aromatic rings. The molecule has 0 unspecified atom stereocenters. The Balaban J connectivity index is 1.85. The minimum absolute atomic E-state index is 0.296. The Morgan fingerprint density at radius 3 is 3.05 bits per heavy atom. The number of carboxylic acid groups (broad SMARTS) is 1. The van der Waals surface area contributed by atoms with Gasteiger partial charge in [0.25, 0.3) is 5.78 Å². The summed E-state index contributed by atoms with van der Waals surface area (Å²) >= 11 is 1.57. The molecule has 0 bridgehead atoms. The van der Waals surface area contributed by atoms with Gasteiger partial charge in [0, 0.05) is 11.4 Å². The summed E-state index contributed by atoms with van der Waals surface area (Å²) in [6.45, 7) is 1.91. The van der Waals surface area contributed by atoms with Crippen molar-refractivity contribution in [2.45, 2.75) is 17.7 Å². The van der Waals surface area contributed by atoms with Crippen LogP contribution in [0, 0.1) is 6.92 Å². The molecule has 21 heavy (non-hydrogen) atoms. The number of aromatic carboxylic acids is 1. The van der Waals surface area contributed by atoms with Gasteiger partial charge in [-0.05, 0) is 30.7 Å². The molecule has 0 fully saturated rings. The molecule has 0 amide bonds. The minimum atomic E-state index is -0.916. The van der Waals surface area contributed by atoms with E-state index in [9.17, 15) is 4.79 Å². The lowest BCUT2D eigenvalue weighted by atomic mass is 10.1. The van der Waals surface area contributed by atoms with E-state index in [4.69, 9.17) is 5.11 Å². The molecule has 7 heteroatoms. The number of rotatable bonds is 4. The number of aromatic nitrogens is 4. The molecule has 0 atom stereocenters. The van der Waals surface area contributed by atoms with Crippen LogP contribution in [-0.2, 0) is 5.75 Å². The van der Waals surface area contributed by atoms with E-state index < -0.39 is 5.97 Å². The first-order valence-electron chi connectivity index (χ1n) is 6.26. The summed E-state index contributed by atoms with van der Waals surface area (Å²) in [5.41, 5.74) is 2.12. The molecule has 3 rings (SSSR count). The number of hydrogen-bond acceptors (Lipinski definition) is 5. The fraction of sp³-hybridized carbons (Fsp3) is 0.143. The highest BCUT2D eigenvalue weighted by molar-refractivity contribution is 7.98. The molecule has 2 aromatic heterocycles. The van der Waals surface area contributed by atoms with Gasteiger partial charge in [-0.2, -0.15) is 14.6 Å². The fourth-order valence-electron chi connectivity index (χ4n) is 1.95. The van der Waals surface area contributed by atoms with Crippen molar-refractivity contribution in [3.8, 4) is 0 Å². The number of nitrogens with zero attached hydrogens (tertiary/aromatic N) is 4. The number of carbonyl (C=O) groups is 1. The summed E-state index contributed by atoms with van der Waals surface area (Å²) < 4.78 is 1.68. The van der Waals surface area contributed by atoms with Gasteiger partial charge in [0.15, 0.2) is 0 Å². The smallest absolute Gasteiger partial charge is 0.335 e. The van der Waals surface area contributed by atoms with Gasteiger partial charge in [-0.15, -0.1) is 11.8 Å². The second-order valence-electron chi connectivity index (χ2n) is 4.50. The molecule has 0 radical (unpaired) electrons.